The summed E-state index contributed by atoms with van der Waals surface area (Å²) in [6.07, 6.45) is -20.0. The van der Waals surface area contributed by atoms with Crippen LogP contribution in [0.5, 0.6) is 0 Å². The largest absolute Gasteiger partial charge is 0.451 e. The van der Waals surface area contributed by atoms with E-state index in [1.54, 1.807) is 34.6 Å². The van der Waals surface area contributed by atoms with Gasteiger partial charge in [0.05, 0.1) is 25.2 Å². The Labute approximate surface area is 644 Å². The molecule has 4 aromatic heterocycles. The van der Waals surface area contributed by atoms with Gasteiger partial charge in [-0.25, -0.2) is 43.9 Å². The van der Waals surface area contributed by atoms with E-state index in [2.05, 4.69) is 40.8 Å². The van der Waals surface area contributed by atoms with E-state index in [1.807, 2.05) is 0 Å². The number of carbonyl (C=O) groups is 4. The highest BCUT2D eigenvalue weighted by atomic mass is 19.4. The van der Waals surface area contributed by atoms with Crippen LogP contribution in [-0.2, 0) is 109 Å². The minimum absolute atomic E-state index is 0.00556. The SMILES string of the molecule is CC1Cn2c(nnc2C(F)(F)F)C(C)N1C(=O)C[C@H](N)Cc1cc(F)c(F)cc1F.CC1Cn2c(nnc2C(F)(F)F)C(C)N1C(=O)C[C@H](N)Cc1cc(F)ccc1F.CC1Cn2c(nnc2C(F)(F)F)CN1C(=O)C[C@H](N)Cc1cc(F)ccc1F.C[C@@H]1Cn2c(nnc2C(F)(F)F)CN1C(=O)C[C@H](N)Cc1cc(F)c(F)cc1F. The Hall–Kier alpha value is -10.4. The minimum atomic E-state index is -4.67. The number of hydrogen-bond acceptors (Lipinski definition) is 16. The highest BCUT2D eigenvalue weighted by Gasteiger charge is 2.48. The highest BCUT2D eigenvalue weighted by Crippen LogP contribution is 2.39. The lowest BCUT2D eigenvalue weighted by molar-refractivity contribution is -0.150. The van der Waals surface area contributed by atoms with Gasteiger partial charge in [-0.15, -0.1) is 40.8 Å². The van der Waals surface area contributed by atoms with Crippen molar-refractivity contribution < 1.29 is 116 Å². The van der Waals surface area contributed by atoms with Crippen LogP contribution in [0.3, 0.4) is 0 Å². The Kier molecular flexibility index (Phi) is 27.5. The summed E-state index contributed by atoms with van der Waals surface area (Å²) in [6.45, 7) is 8.64. The molecule has 4 aliphatic rings. The molecule has 12 rings (SSSR count). The van der Waals surface area contributed by atoms with Gasteiger partial charge >= 0.3 is 24.7 Å². The molecule has 4 aliphatic heterocycles. The van der Waals surface area contributed by atoms with Gasteiger partial charge in [0.1, 0.15) is 34.9 Å². The maximum absolute atomic E-state index is 13.8. The van der Waals surface area contributed by atoms with E-state index >= 15 is 0 Å². The second kappa shape index (κ2) is 35.6. The van der Waals surface area contributed by atoms with Gasteiger partial charge in [0.2, 0.25) is 46.9 Å². The number of hydrogen-bond donors (Lipinski definition) is 4. The van der Waals surface area contributed by atoms with Crippen LogP contribution >= 0.6 is 0 Å². The van der Waals surface area contributed by atoms with Gasteiger partial charge in [-0.05, 0) is 138 Å². The van der Waals surface area contributed by atoms with Crippen molar-refractivity contribution >= 4 is 23.6 Å². The average Bonchev–Trinajstić information content (AvgIpc) is 1.59. The third kappa shape index (κ3) is 21.1. The molecular formula is C70H74F22N20O4. The molecule has 0 saturated heterocycles. The van der Waals surface area contributed by atoms with Gasteiger partial charge in [0.25, 0.3) is 0 Å². The number of rotatable bonds is 16. The lowest BCUT2D eigenvalue weighted by Crippen LogP contribution is -2.49. The summed E-state index contributed by atoms with van der Waals surface area (Å²) in [5.41, 5.74) is 23.4. The number of nitrogens with two attached hydrogens (primary N) is 4. The summed E-state index contributed by atoms with van der Waals surface area (Å²) in [5.74, 6) is -15.7. The molecule has 8 N–H and O–H groups in total. The summed E-state index contributed by atoms with van der Waals surface area (Å²) in [5, 5.41) is 27.0. The number of aromatic nitrogens is 12. The van der Waals surface area contributed by atoms with E-state index in [-0.39, 0.29) is 136 Å². The van der Waals surface area contributed by atoms with Crippen LogP contribution in [0.15, 0.2) is 60.7 Å². The number of halogens is 22. The van der Waals surface area contributed by atoms with Crippen molar-refractivity contribution in [3.63, 3.8) is 0 Å². The first-order valence-electron chi connectivity index (χ1n) is 35.3. The second-order valence-corrected chi connectivity index (χ2v) is 28.3. The molecule has 24 nitrogen and oxygen atoms in total. The van der Waals surface area contributed by atoms with Crippen LogP contribution in [0.2, 0.25) is 0 Å². The van der Waals surface area contributed by atoms with Gasteiger partial charge in [0.15, 0.2) is 46.6 Å². The van der Waals surface area contributed by atoms with Crippen molar-refractivity contribution in [3.05, 3.63) is 188 Å². The molecule has 8 aromatic rings. The maximum atomic E-state index is 13.8. The smallest absolute Gasteiger partial charge is 0.331 e. The van der Waals surface area contributed by atoms with Crippen molar-refractivity contribution in [2.45, 2.75) is 217 Å². The zero-order chi connectivity index (χ0) is 86.0. The summed E-state index contributed by atoms with van der Waals surface area (Å²) in [7, 11) is 0. The lowest BCUT2D eigenvalue weighted by Gasteiger charge is -2.39. The average molecular weight is 1680 g/mol. The molecular weight excluding hydrogens is 1600 g/mol. The molecule has 0 aliphatic carbocycles. The lowest BCUT2D eigenvalue weighted by atomic mass is 10.0. The minimum Gasteiger partial charge on any atom is -0.331 e. The molecule has 0 radical (unpaired) electrons. The zero-order valence-electron chi connectivity index (χ0n) is 61.9. The quantitative estimate of drug-likeness (QED) is 0.0516. The number of fused-ring (bicyclic) bond motifs is 4. The molecule has 632 valence electrons. The van der Waals surface area contributed by atoms with Crippen LogP contribution < -0.4 is 22.9 Å². The topological polar surface area (TPSA) is 308 Å². The zero-order valence-corrected chi connectivity index (χ0v) is 61.9. The third-order valence-electron chi connectivity index (χ3n) is 19.3. The van der Waals surface area contributed by atoms with Crippen molar-refractivity contribution in [3.8, 4) is 0 Å². The number of alkyl halides is 12. The molecule has 0 bridgehead atoms. The van der Waals surface area contributed by atoms with Crippen molar-refractivity contribution in [2.75, 3.05) is 0 Å². The first-order valence-corrected chi connectivity index (χ1v) is 35.3. The van der Waals surface area contributed by atoms with Gasteiger partial charge < -0.3 is 60.8 Å². The summed E-state index contributed by atoms with van der Waals surface area (Å²) in [6, 6.07) is 0.940. The van der Waals surface area contributed by atoms with E-state index < -0.39 is 190 Å². The molecule has 4 amide bonds. The number of carbonyl (C=O) groups excluding carboxylic acids is 4. The molecule has 0 spiro atoms. The first kappa shape index (κ1) is 89.6. The van der Waals surface area contributed by atoms with Crippen molar-refractivity contribution in [2.24, 2.45) is 22.9 Å². The molecule has 0 saturated carbocycles. The summed E-state index contributed by atoms with van der Waals surface area (Å²) >= 11 is 0. The van der Waals surface area contributed by atoms with Gasteiger partial charge in [-0.1, -0.05) is 0 Å². The van der Waals surface area contributed by atoms with Crippen molar-refractivity contribution in [1.29, 1.82) is 0 Å². The fraction of sp³-hybridized carbons (Fsp3) is 0.486. The maximum Gasteiger partial charge on any atom is 0.451 e. The predicted molar refractivity (Wildman–Crippen MR) is 360 cm³/mol. The number of benzene rings is 4. The van der Waals surface area contributed by atoms with E-state index in [4.69, 9.17) is 22.9 Å². The Bertz CT molecular complexity index is 4870. The van der Waals surface area contributed by atoms with E-state index in [9.17, 15) is 116 Å². The van der Waals surface area contributed by atoms with E-state index in [0.717, 1.165) is 54.7 Å². The highest BCUT2D eigenvalue weighted by molar-refractivity contribution is 5.79. The Balaban J connectivity index is 0.000000177. The molecule has 5 unspecified atom stereocenters. The number of amides is 4. The first-order chi connectivity index (χ1) is 53.9. The Morgan fingerprint density at radius 3 is 0.922 bits per heavy atom. The van der Waals surface area contributed by atoms with E-state index in [1.165, 1.54) is 26.5 Å². The third-order valence-corrected chi connectivity index (χ3v) is 19.3. The molecule has 4 aromatic carbocycles. The normalized spacial score (nSPS) is 19.2. The summed E-state index contributed by atoms with van der Waals surface area (Å²) < 4.78 is 294. The van der Waals surface area contributed by atoms with E-state index in [0.29, 0.717) is 24.3 Å². The summed E-state index contributed by atoms with van der Waals surface area (Å²) in [4.78, 5) is 56.1. The van der Waals surface area contributed by atoms with Crippen LogP contribution in [0.25, 0.3) is 0 Å². The second-order valence-electron chi connectivity index (χ2n) is 28.3. The van der Waals surface area contributed by atoms with Crippen molar-refractivity contribution in [1.82, 2.24) is 78.7 Å². The molecule has 116 heavy (non-hydrogen) atoms. The standard InChI is InChI=1S/C18H19F6N5O.C18H20F5N5O.C17H17F6N5O.C17H18F5N5O/c1-8-7-28-16(26-27-17(28)18(22,23)24)9(2)29(8)15(30)5-11(25)3-10-4-13(20)14(21)6-12(10)19;1-9-8-27-16(25-26-17(27)18(21,22)23)10(2)28(9)15(29)7-13(24)6-11-5-12(19)3-4-14(11)20;1-8-6-28-14(25-26-16(28)17(21,22)23)7-27(8)15(29)4-10(24)2-9-3-12(19)13(20)5-11(9)18;1-9-7-27-14(24-25-16(27)17(20,21)22)8-26(9)15(28)6-12(23)5-10-4-11(18)2-3-13(10)19/h4,6,8-9,11H,3,5,7,25H2,1-2H3;3-5,9-10,13H,6-8,24H2,1-2H3;3,5,8,10H,2,4,6-7,24H2,1H3;2-4,9,12H,5-8,23H2,1H3/t8?,9?,11-;9?,10?,13-;8-,10-;9?,12-/m1111/s1. The molecule has 46 heteroatoms. The monoisotopic (exact) mass is 1680 g/mol. The fourth-order valence-electron chi connectivity index (χ4n) is 14.0. The van der Waals surface area contributed by atoms with Gasteiger partial charge in [-0.2, -0.15) is 52.7 Å². The van der Waals surface area contributed by atoms with Crippen LogP contribution in [0.4, 0.5) is 96.6 Å². The fourth-order valence-corrected chi connectivity index (χ4v) is 14.0. The molecule has 8 heterocycles. The Morgan fingerprint density at radius 1 is 0.345 bits per heavy atom. The van der Waals surface area contributed by atoms with Crippen LogP contribution in [0, 0.1) is 58.2 Å². The molecule has 10 atom stereocenters. The number of nitrogens with zero attached hydrogens (tertiary/aromatic N) is 16. The van der Waals surface area contributed by atoms with Gasteiger partial charge in [0, 0.05) is 112 Å². The predicted octanol–water partition coefficient (Wildman–Crippen LogP) is 10.5. The van der Waals surface area contributed by atoms with Gasteiger partial charge in [-0.3, -0.25) is 19.2 Å². The molecule has 0 fully saturated rings. The van der Waals surface area contributed by atoms with Crippen LogP contribution in [-0.4, -0.2) is 151 Å². The van der Waals surface area contributed by atoms with Crippen LogP contribution in [0.1, 0.15) is 148 Å². The Morgan fingerprint density at radius 2 is 0.612 bits per heavy atom.